The SMILES string of the molecule is N=C1NCCN1Cc1cccnc1. The lowest BCUT2D eigenvalue weighted by atomic mass is 10.3. The van der Waals surface area contributed by atoms with E-state index in [0.717, 1.165) is 25.2 Å². The van der Waals surface area contributed by atoms with E-state index >= 15 is 0 Å². The van der Waals surface area contributed by atoms with Crippen molar-refractivity contribution in [2.45, 2.75) is 6.54 Å². The van der Waals surface area contributed by atoms with Gasteiger partial charge in [0, 0.05) is 32.0 Å². The Balaban J connectivity index is 2.02. The predicted octanol–water partition coefficient (Wildman–Crippen LogP) is 0.422. The Morgan fingerprint density at radius 2 is 2.54 bits per heavy atom. The summed E-state index contributed by atoms with van der Waals surface area (Å²) >= 11 is 0. The maximum Gasteiger partial charge on any atom is 0.191 e. The van der Waals surface area contributed by atoms with Crippen molar-refractivity contribution < 1.29 is 0 Å². The van der Waals surface area contributed by atoms with E-state index in [4.69, 9.17) is 5.41 Å². The standard InChI is InChI=1S/C9H12N4/c10-9-12-4-5-13(9)7-8-2-1-3-11-6-8/h1-3,6H,4-5,7H2,(H2,10,12). The second-order valence-corrected chi connectivity index (χ2v) is 3.06. The second kappa shape index (κ2) is 3.43. The second-order valence-electron chi connectivity index (χ2n) is 3.06. The molecule has 2 heterocycles. The molecule has 0 aliphatic carbocycles. The molecule has 1 aliphatic rings. The lowest BCUT2D eigenvalue weighted by Crippen LogP contribution is -2.28. The van der Waals surface area contributed by atoms with Gasteiger partial charge in [0.1, 0.15) is 0 Å². The Bertz CT molecular complexity index is 296. The van der Waals surface area contributed by atoms with E-state index < -0.39 is 0 Å². The third-order valence-corrected chi connectivity index (χ3v) is 2.09. The van der Waals surface area contributed by atoms with E-state index in [0.29, 0.717) is 5.96 Å². The minimum Gasteiger partial charge on any atom is -0.355 e. The fourth-order valence-corrected chi connectivity index (χ4v) is 1.40. The van der Waals surface area contributed by atoms with Crippen molar-refractivity contribution in [1.82, 2.24) is 15.2 Å². The molecule has 4 heteroatoms. The molecule has 0 aromatic carbocycles. The average Bonchev–Trinajstić information content (AvgIpc) is 2.54. The van der Waals surface area contributed by atoms with Crippen molar-refractivity contribution >= 4 is 5.96 Å². The molecule has 0 saturated carbocycles. The summed E-state index contributed by atoms with van der Waals surface area (Å²) in [5.41, 5.74) is 1.15. The molecule has 1 saturated heterocycles. The van der Waals surface area contributed by atoms with Crippen LogP contribution in [-0.2, 0) is 6.54 Å². The van der Waals surface area contributed by atoms with Gasteiger partial charge in [-0.05, 0) is 11.6 Å². The van der Waals surface area contributed by atoms with Crippen molar-refractivity contribution in [2.75, 3.05) is 13.1 Å². The average molecular weight is 176 g/mol. The van der Waals surface area contributed by atoms with Crippen LogP contribution in [0.5, 0.6) is 0 Å². The zero-order chi connectivity index (χ0) is 9.10. The highest BCUT2D eigenvalue weighted by Gasteiger charge is 2.15. The quantitative estimate of drug-likeness (QED) is 0.686. The Labute approximate surface area is 77.1 Å². The zero-order valence-corrected chi connectivity index (χ0v) is 7.33. The van der Waals surface area contributed by atoms with Crippen molar-refractivity contribution in [1.29, 1.82) is 5.41 Å². The minimum absolute atomic E-state index is 0.517. The van der Waals surface area contributed by atoms with Crippen LogP contribution in [0.25, 0.3) is 0 Å². The monoisotopic (exact) mass is 176 g/mol. The number of nitrogens with zero attached hydrogens (tertiary/aromatic N) is 2. The molecule has 1 aromatic heterocycles. The van der Waals surface area contributed by atoms with Gasteiger partial charge in [-0.25, -0.2) is 0 Å². The number of aromatic nitrogens is 1. The molecule has 0 bridgehead atoms. The van der Waals surface area contributed by atoms with Crippen LogP contribution in [-0.4, -0.2) is 28.9 Å². The molecule has 0 amide bonds. The Morgan fingerprint density at radius 3 is 3.15 bits per heavy atom. The predicted molar refractivity (Wildman–Crippen MR) is 50.4 cm³/mol. The summed E-state index contributed by atoms with van der Waals surface area (Å²) < 4.78 is 0. The van der Waals surface area contributed by atoms with Crippen LogP contribution in [0, 0.1) is 5.41 Å². The summed E-state index contributed by atoms with van der Waals surface area (Å²) in [6.07, 6.45) is 3.60. The summed E-state index contributed by atoms with van der Waals surface area (Å²) in [6, 6.07) is 3.95. The van der Waals surface area contributed by atoms with Crippen LogP contribution in [0.4, 0.5) is 0 Å². The number of rotatable bonds is 2. The zero-order valence-electron chi connectivity index (χ0n) is 7.33. The van der Waals surface area contributed by atoms with Crippen molar-refractivity contribution in [3.05, 3.63) is 30.1 Å². The van der Waals surface area contributed by atoms with Gasteiger partial charge in [-0.3, -0.25) is 10.4 Å². The van der Waals surface area contributed by atoms with Gasteiger partial charge in [-0.2, -0.15) is 0 Å². The molecule has 4 nitrogen and oxygen atoms in total. The molecule has 1 fully saturated rings. The first-order chi connectivity index (χ1) is 6.36. The van der Waals surface area contributed by atoms with Gasteiger partial charge < -0.3 is 10.2 Å². The first-order valence-corrected chi connectivity index (χ1v) is 4.32. The van der Waals surface area contributed by atoms with E-state index in [2.05, 4.69) is 10.3 Å². The smallest absolute Gasteiger partial charge is 0.191 e. The number of pyridine rings is 1. The first kappa shape index (κ1) is 8.04. The highest BCUT2D eigenvalue weighted by Crippen LogP contribution is 2.04. The molecule has 2 N–H and O–H groups in total. The van der Waals surface area contributed by atoms with Gasteiger partial charge >= 0.3 is 0 Å². The van der Waals surface area contributed by atoms with Crippen LogP contribution in [0.2, 0.25) is 0 Å². The van der Waals surface area contributed by atoms with Crippen LogP contribution in [0.1, 0.15) is 5.56 Å². The van der Waals surface area contributed by atoms with E-state index in [1.807, 2.05) is 23.2 Å². The van der Waals surface area contributed by atoms with Crippen LogP contribution in [0.15, 0.2) is 24.5 Å². The van der Waals surface area contributed by atoms with E-state index in [1.54, 1.807) is 6.20 Å². The summed E-state index contributed by atoms with van der Waals surface area (Å²) in [7, 11) is 0. The summed E-state index contributed by atoms with van der Waals surface area (Å²) in [5.74, 6) is 0.517. The largest absolute Gasteiger partial charge is 0.355 e. The Morgan fingerprint density at radius 1 is 1.62 bits per heavy atom. The fourth-order valence-electron chi connectivity index (χ4n) is 1.40. The molecule has 0 spiro atoms. The summed E-state index contributed by atoms with van der Waals surface area (Å²) in [6.45, 7) is 2.56. The van der Waals surface area contributed by atoms with E-state index in [1.165, 1.54) is 0 Å². The van der Waals surface area contributed by atoms with Gasteiger partial charge in [0.05, 0.1) is 0 Å². The molecule has 1 aromatic rings. The highest BCUT2D eigenvalue weighted by molar-refractivity contribution is 5.78. The number of hydrogen-bond acceptors (Lipinski definition) is 2. The fraction of sp³-hybridized carbons (Fsp3) is 0.333. The molecule has 2 rings (SSSR count). The number of nitrogens with one attached hydrogen (secondary N) is 2. The summed E-state index contributed by atoms with van der Waals surface area (Å²) in [5, 5.41) is 10.5. The molecule has 0 atom stereocenters. The van der Waals surface area contributed by atoms with Gasteiger partial charge in [0.2, 0.25) is 0 Å². The van der Waals surface area contributed by atoms with E-state index in [-0.39, 0.29) is 0 Å². The van der Waals surface area contributed by atoms with Gasteiger partial charge in [0.25, 0.3) is 0 Å². The topological polar surface area (TPSA) is 52.0 Å². The van der Waals surface area contributed by atoms with E-state index in [9.17, 15) is 0 Å². The number of guanidine groups is 1. The van der Waals surface area contributed by atoms with Gasteiger partial charge in [-0.15, -0.1) is 0 Å². The third kappa shape index (κ3) is 1.77. The first-order valence-electron chi connectivity index (χ1n) is 4.32. The van der Waals surface area contributed by atoms with Crippen molar-refractivity contribution in [3.63, 3.8) is 0 Å². The molecule has 0 unspecified atom stereocenters. The minimum atomic E-state index is 0.517. The number of hydrogen-bond donors (Lipinski definition) is 2. The lowest BCUT2D eigenvalue weighted by molar-refractivity contribution is 0.454. The Kier molecular flexibility index (Phi) is 2.12. The molecule has 1 aliphatic heterocycles. The maximum absolute atomic E-state index is 7.55. The highest BCUT2D eigenvalue weighted by atomic mass is 15.3. The molecular weight excluding hydrogens is 164 g/mol. The van der Waals surface area contributed by atoms with Gasteiger partial charge in [-0.1, -0.05) is 6.07 Å². The Hall–Kier alpha value is -1.58. The molecular formula is C9H12N4. The lowest BCUT2D eigenvalue weighted by Gasteiger charge is -2.15. The molecule has 13 heavy (non-hydrogen) atoms. The van der Waals surface area contributed by atoms with Crippen molar-refractivity contribution in [3.8, 4) is 0 Å². The molecule has 0 radical (unpaired) electrons. The van der Waals surface area contributed by atoms with Crippen LogP contribution in [0.3, 0.4) is 0 Å². The van der Waals surface area contributed by atoms with Gasteiger partial charge in [0.15, 0.2) is 5.96 Å². The summed E-state index contributed by atoms with van der Waals surface area (Å²) in [4.78, 5) is 6.03. The van der Waals surface area contributed by atoms with Crippen molar-refractivity contribution in [2.24, 2.45) is 0 Å². The van der Waals surface area contributed by atoms with Crippen LogP contribution < -0.4 is 5.32 Å². The maximum atomic E-state index is 7.55. The normalized spacial score (nSPS) is 16.0. The molecule has 68 valence electrons. The third-order valence-electron chi connectivity index (χ3n) is 2.09. The van der Waals surface area contributed by atoms with Crippen LogP contribution >= 0.6 is 0 Å².